The molecule has 0 spiro atoms. The van der Waals surface area contributed by atoms with E-state index in [9.17, 15) is 9.18 Å². The maximum atomic E-state index is 14.9. The molecule has 214 valence electrons. The zero-order chi connectivity index (χ0) is 28.2. The lowest BCUT2D eigenvalue weighted by Gasteiger charge is -2.38. The maximum Gasteiger partial charge on any atom is 0.227 e. The van der Waals surface area contributed by atoms with Crippen LogP contribution in [0.3, 0.4) is 0 Å². The Morgan fingerprint density at radius 2 is 2.13 bits per heavy atom. The number of ether oxygens (including phenoxy) is 3. The standard InChI is InChI=1S/C29H44BFN4O4/c1-32-8-5-21(6-9-34-16-20(15-33-2)19-37-3)25-11-22(25)7-10-39-23-12-27(30)26(28(31)13-23)14-29(36)35-17-24(18-35)38-4/h12-13,15-16,21-22,24-25,32H,2,5-11,14,17-19,30H2,1,3-4H3/b20-15+,34-16-. The van der Waals surface area contributed by atoms with Gasteiger partial charge in [0.05, 0.1) is 25.7 Å². The minimum Gasteiger partial charge on any atom is -0.494 e. The maximum absolute atomic E-state index is 14.9. The predicted octanol–water partition coefficient (Wildman–Crippen LogP) is 1.81. The van der Waals surface area contributed by atoms with Crippen LogP contribution in [0.15, 0.2) is 33.9 Å². The van der Waals surface area contributed by atoms with Crippen LogP contribution in [0, 0.1) is 23.6 Å². The smallest absolute Gasteiger partial charge is 0.227 e. The van der Waals surface area contributed by atoms with Crippen LogP contribution in [0.25, 0.3) is 0 Å². The van der Waals surface area contributed by atoms with E-state index in [-0.39, 0.29) is 24.2 Å². The van der Waals surface area contributed by atoms with E-state index in [1.807, 2.05) is 27.2 Å². The molecule has 1 aliphatic carbocycles. The van der Waals surface area contributed by atoms with Gasteiger partial charge in [0.25, 0.3) is 0 Å². The molecule has 0 bridgehead atoms. The molecule has 1 aromatic rings. The van der Waals surface area contributed by atoms with Gasteiger partial charge in [-0.3, -0.25) is 14.8 Å². The first-order chi connectivity index (χ1) is 18.9. The van der Waals surface area contributed by atoms with Crippen molar-refractivity contribution in [3.63, 3.8) is 0 Å². The first-order valence-corrected chi connectivity index (χ1v) is 13.9. The normalized spacial score (nSPS) is 20.2. The van der Waals surface area contributed by atoms with Crippen LogP contribution in [0.1, 0.15) is 31.2 Å². The highest BCUT2D eigenvalue weighted by Gasteiger charge is 2.41. The summed E-state index contributed by atoms with van der Waals surface area (Å²) in [5, 5.41) is 3.27. The minimum absolute atomic E-state index is 0.0608. The largest absolute Gasteiger partial charge is 0.494 e. The Morgan fingerprint density at radius 3 is 2.79 bits per heavy atom. The number of benzene rings is 1. The monoisotopic (exact) mass is 542 g/mol. The number of hydrogen-bond donors (Lipinski definition) is 1. The number of likely N-dealkylation sites (tertiary alicyclic amines) is 1. The molecule has 2 aliphatic rings. The van der Waals surface area contributed by atoms with Crippen molar-refractivity contribution in [1.82, 2.24) is 10.2 Å². The van der Waals surface area contributed by atoms with E-state index in [2.05, 4.69) is 22.0 Å². The molecular weight excluding hydrogens is 498 g/mol. The molecule has 2 fully saturated rings. The minimum atomic E-state index is -0.383. The highest BCUT2D eigenvalue weighted by molar-refractivity contribution is 6.33. The third-order valence-electron chi connectivity index (χ3n) is 7.81. The van der Waals surface area contributed by atoms with E-state index < -0.39 is 0 Å². The van der Waals surface area contributed by atoms with Crippen LogP contribution in [-0.4, -0.2) is 98.3 Å². The molecule has 0 aromatic heterocycles. The molecule has 1 saturated heterocycles. The van der Waals surface area contributed by atoms with Crippen molar-refractivity contribution in [3.8, 4) is 5.75 Å². The highest BCUT2D eigenvalue weighted by atomic mass is 19.1. The number of amides is 1. The number of nitrogens with one attached hydrogen (secondary N) is 1. The Hall–Kier alpha value is -2.56. The number of hydrogen-bond acceptors (Lipinski definition) is 7. The van der Waals surface area contributed by atoms with E-state index in [0.717, 1.165) is 43.4 Å². The first kappa shape index (κ1) is 31.0. The molecule has 1 amide bonds. The van der Waals surface area contributed by atoms with Crippen molar-refractivity contribution in [2.75, 3.05) is 60.7 Å². The second-order valence-corrected chi connectivity index (χ2v) is 10.6. The Balaban J connectivity index is 1.44. The molecule has 1 aromatic carbocycles. The van der Waals surface area contributed by atoms with Crippen molar-refractivity contribution in [1.29, 1.82) is 0 Å². The number of halogens is 1. The number of aliphatic imine (C=N–C) groups is 2. The van der Waals surface area contributed by atoms with E-state index >= 15 is 0 Å². The second-order valence-electron chi connectivity index (χ2n) is 10.6. The summed E-state index contributed by atoms with van der Waals surface area (Å²) in [6.45, 7) is 7.42. The van der Waals surface area contributed by atoms with Crippen LogP contribution < -0.4 is 15.5 Å². The molecule has 1 N–H and O–H groups in total. The van der Waals surface area contributed by atoms with Gasteiger partial charge >= 0.3 is 0 Å². The van der Waals surface area contributed by atoms with E-state index in [4.69, 9.17) is 14.2 Å². The van der Waals surface area contributed by atoms with E-state index in [1.165, 1.54) is 12.5 Å². The second kappa shape index (κ2) is 15.9. The van der Waals surface area contributed by atoms with Gasteiger partial charge in [-0.2, -0.15) is 0 Å². The SMILES string of the molecule is Bc1cc(OCCC2CC2C(CC/N=C\C(=C/N=C)COC)CCNC)cc(F)c1CC(=O)N1CC(OC)C1. The third-order valence-corrected chi connectivity index (χ3v) is 7.81. The number of nitrogens with zero attached hydrogens (tertiary/aromatic N) is 3. The molecule has 8 nitrogen and oxygen atoms in total. The third kappa shape index (κ3) is 9.55. The van der Waals surface area contributed by atoms with Gasteiger partial charge in [-0.1, -0.05) is 5.46 Å². The van der Waals surface area contributed by atoms with Gasteiger partial charge in [0.15, 0.2) is 0 Å². The molecule has 3 atom stereocenters. The Labute approximate surface area is 233 Å². The van der Waals surface area contributed by atoms with E-state index in [1.54, 1.807) is 25.3 Å². The molecule has 0 radical (unpaired) electrons. The van der Waals surface area contributed by atoms with Crippen molar-refractivity contribution in [2.45, 2.75) is 38.2 Å². The Kier molecular flexibility index (Phi) is 12.6. The molecule has 39 heavy (non-hydrogen) atoms. The van der Waals surface area contributed by atoms with Crippen LogP contribution in [0.5, 0.6) is 5.75 Å². The van der Waals surface area contributed by atoms with Gasteiger partial charge in [0, 0.05) is 57.9 Å². The summed E-state index contributed by atoms with van der Waals surface area (Å²) in [5.41, 5.74) is 2.09. The molecule has 3 unspecified atom stereocenters. The van der Waals surface area contributed by atoms with Gasteiger partial charge < -0.3 is 24.4 Å². The van der Waals surface area contributed by atoms with Crippen LogP contribution >= 0.6 is 0 Å². The number of rotatable bonds is 18. The van der Waals surface area contributed by atoms with Gasteiger partial charge in [-0.05, 0) is 75.4 Å². The summed E-state index contributed by atoms with van der Waals surface area (Å²) in [7, 11) is 7.11. The summed E-state index contributed by atoms with van der Waals surface area (Å²) in [4.78, 5) is 22.6. The molecule has 1 heterocycles. The zero-order valence-corrected chi connectivity index (χ0v) is 24.0. The summed E-state index contributed by atoms with van der Waals surface area (Å²) < 4.78 is 31.2. The van der Waals surface area contributed by atoms with E-state index in [0.29, 0.717) is 55.4 Å². The fourth-order valence-corrected chi connectivity index (χ4v) is 5.33. The molecule has 1 aliphatic heterocycles. The van der Waals surface area contributed by atoms with Gasteiger partial charge in [0.2, 0.25) is 5.91 Å². The number of carbonyl (C=O) groups excluding carboxylic acids is 1. The highest BCUT2D eigenvalue weighted by Crippen LogP contribution is 2.48. The zero-order valence-electron chi connectivity index (χ0n) is 24.0. The average molecular weight is 543 g/mol. The summed E-state index contributed by atoms with van der Waals surface area (Å²) >= 11 is 0. The number of methoxy groups -OCH3 is 2. The van der Waals surface area contributed by atoms with Crippen LogP contribution in [0.4, 0.5) is 4.39 Å². The number of carbonyl (C=O) groups is 1. The lowest BCUT2D eigenvalue weighted by molar-refractivity contribution is -0.142. The average Bonchev–Trinajstić information content (AvgIpc) is 3.64. The van der Waals surface area contributed by atoms with Gasteiger partial charge in [0.1, 0.15) is 19.4 Å². The molecular formula is C29H44BFN4O4. The van der Waals surface area contributed by atoms with Crippen LogP contribution in [-0.2, 0) is 20.7 Å². The fraction of sp³-hybridized carbons (Fsp3) is 0.621. The van der Waals surface area contributed by atoms with Crippen LogP contribution in [0.2, 0.25) is 0 Å². The summed E-state index contributed by atoms with van der Waals surface area (Å²) in [5.74, 6) is 1.97. The quantitative estimate of drug-likeness (QED) is 0.226. The predicted molar refractivity (Wildman–Crippen MR) is 157 cm³/mol. The van der Waals surface area contributed by atoms with Crippen molar-refractivity contribution < 1.29 is 23.4 Å². The van der Waals surface area contributed by atoms with Crippen molar-refractivity contribution >= 4 is 32.1 Å². The molecule has 3 rings (SSSR count). The summed E-state index contributed by atoms with van der Waals surface area (Å²) in [6.07, 6.45) is 7.96. The Bertz CT molecular complexity index is 992. The van der Waals surface area contributed by atoms with Crippen molar-refractivity contribution in [3.05, 3.63) is 35.3 Å². The Morgan fingerprint density at radius 1 is 1.33 bits per heavy atom. The lowest BCUT2D eigenvalue weighted by Crippen LogP contribution is -2.55. The first-order valence-electron chi connectivity index (χ1n) is 13.9. The fourth-order valence-electron chi connectivity index (χ4n) is 5.33. The lowest BCUT2D eigenvalue weighted by atomic mass is 9.88. The summed E-state index contributed by atoms with van der Waals surface area (Å²) in [6, 6.07) is 3.25. The van der Waals surface area contributed by atoms with Gasteiger partial charge in [-0.25, -0.2) is 4.39 Å². The topological polar surface area (TPSA) is 84.8 Å². The van der Waals surface area contributed by atoms with Crippen molar-refractivity contribution in [2.24, 2.45) is 27.7 Å². The molecule has 10 heteroatoms. The van der Waals surface area contributed by atoms with Gasteiger partial charge in [-0.15, -0.1) is 0 Å². The molecule has 1 saturated carbocycles.